The number of hydrogen-bond acceptors (Lipinski definition) is 3. The van der Waals surface area contributed by atoms with Gasteiger partial charge in [-0.25, -0.2) is 4.98 Å². The minimum Gasteiger partial charge on any atom is -0.356 e. The highest BCUT2D eigenvalue weighted by Crippen LogP contribution is 2.47. The maximum atomic E-state index is 12.3. The monoisotopic (exact) mass is 290 g/mol. The highest BCUT2D eigenvalue weighted by molar-refractivity contribution is 5.80. The quantitative estimate of drug-likeness (QED) is 0.779. The van der Waals surface area contributed by atoms with Gasteiger partial charge >= 0.3 is 0 Å². The lowest BCUT2D eigenvalue weighted by atomic mass is 9.84. The second-order valence-electron chi connectivity index (χ2n) is 6.60. The van der Waals surface area contributed by atoms with E-state index < -0.39 is 0 Å². The van der Waals surface area contributed by atoms with Crippen LogP contribution in [-0.4, -0.2) is 28.0 Å². The summed E-state index contributed by atoms with van der Waals surface area (Å²) in [4.78, 5) is 16.5. The third-order valence-corrected chi connectivity index (χ3v) is 5.33. The van der Waals surface area contributed by atoms with Crippen LogP contribution in [0.5, 0.6) is 0 Å². The van der Waals surface area contributed by atoms with E-state index in [1.165, 1.54) is 19.3 Å². The molecule has 4 atom stereocenters. The maximum absolute atomic E-state index is 12.3. The summed E-state index contributed by atoms with van der Waals surface area (Å²) in [7, 11) is 0. The number of rotatable bonds is 6. The number of carbonyl (C=O) groups excluding carboxylic acids is 1. The van der Waals surface area contributed by atoms with Gasteiger partial charge in [0.1, 0.15) is 5.82 Å². The van der Waals surface area contributed by atoms with Gasteiger partial charge in [0, 0.05) is 31.5 Å². The zero-order chi connectivity index (χ0) is 14.8. The summed E-state index contributed by atoms with van der Waals surface area (Å²) in [6, 6.07) is 0.0948. The molecule has 0 aliphatic heterocycles. The topological polar surface area (TPSA) is 72.9 Å². The number of carbonyl (C=O) groups is 1. The van der Waals surface area contributed by atoms with Crippen LogP contribution in [0.3, 0.4) is 0 Å². The molecule has 2 saturated carbocycles. The Morgan fingerprint density at radius 3 is 2.90 bits per heavy atom. The number of nitrogens with one attached hydrogen (secondary N) is 1. The van der Waals surface area contributed by atoms with E-state index in [1.807, 2.05) is 19.3 Å². The van der Waals surface area contributed by atoms with E-state index >= 15 is 0 Å². The molecule has 3 rings (SSSR count). The van der Waals surface area contributed by atoms with Gasteiger partial charge in [-0.1, -0.05) is 0 Å². The van der Waals surface area contributed by atoms with Crippen molar-refractivity contribution in [3.05, 3.63) is 18.2 Å². The zero-order valence-electron chi connectivity index (χ0n) is 12.8. The number of unbranched alkanes of at least 4 members (excludes halogenated alkanes) is 1. The zero-order valence-corrected chi connectivity index (χ0v) is 12.8. The second kappa shape index (κ2) is 6.18. The first-order valence-corrected chi connectivity index (χ1v) is 8.18. The maximum Gasteiger partial charge on any atom is 0.224 e. The molecule has 5 heteroatoms. The molecule has 1 aromatic rings. The van der Waals surface area contributed by atoms with Crippen molar-refractivity contribution in [3.63, 3.8) is 0 Å². The van der Waals surface area contributed by atoms with Crippen LogP contribution in [0, 0.1) is 24.7 Å². The molecule has 2 aliphatic carbocycles. The number of aryl methyl sites for hydroxylation is 2. The standard InChI is InChI=1S/C16H26N4O/c1-11-18-7-9-20(11)8-3-2-6-19-16(21)14-12-4-5-13(10-12)15(14)17/h7,9,12-15H,2-6,8,10,17H2,1H3,(H,19,21). The average Bonchev–Trinajstić information content (AvgIpc) is 3.15. The Labute approximate surface area is 126 Å². The Morgan fingerprint density at radius 1 is 1.43 bits per heavy atom. The van der Waals surface area contributed by atoms with Crippen LogP contribution >= 0.6 is 0 Å². The predicted molar refractivity (Wildman–Crippen MR) is 81.5 cm³/mol. The van der Waals surface area contributed by atoms with Crippen molar-refractivity contribution in [2.24, 2.45) is 23.5 Å². The van der Waals surface area contributed by atoms with Gasteiger partial charge in [0.2, 0.25) is 5.91 Å². The fourth-order valence-corrected chi connectivity index (χ4v) is 4.10. The Balaban J connectivity index is 1.36. The summed E-state index contributed by atoms with van der Waals surface area (Å²) >= 11 is 0. The SMILES string of the molecule is Cc1nccn1CCCCNC(=O)C1C2CCC(C2)C1N. The molecule has 0 aromatic carbocycles. The molecule has 5 nitrogen and oxygen atoms in total. The van der Waals surface area contributed by atoms with Crippen LogP contribution < -0.4 is 11.1 Å². The molecule has 116 valence electrons. The summed E-state index contributed by atoms with van der Waals surface area (Å²) in [5, 5.41) is 3.09. The second-order valence-corrected chi connectivity index (χ2v) is 6.60. The summed E-state index contributed by atoms with van der Waals surface area (Å²) in [6.07, 6.45) is 9.46. The van der Waals surface area contributed by atoms with Gasteiger partial charge in [-0.15, -0.1) is 0 Å². The number of hydrogen-bond donors (Lipinski definition) is 2. The van der Waals surface area contributed by atoms with Crippen LogP contribution in [-0.2, 0) is 11.3 Å². The molecular formula is C16H26N4O. The van der Waals surface area contributed by atoms with E-state index in [1.54, 1.807) is 0 Å². The van der Waals surface area contributed by atoms with Crippen molar-refractivity contribution in [1.29, 1.82) is 0 Å². The normalized spacial score (nSPS) is 30.8. The van der Waals surface area contributed by atoms with Gasteiger partial charge in [-0.05, 0) is 50.9 Å². The van der Waals surface area contributed by atoms with Gasteiger partial charge in [-0.3, -0.25) is 4.79 Å². The van der Waals surface area contributed by atoms with Crippen LogP contribution in [0.15, 0.2) is 12.4 Å². The predicted octanol–water partition coefficient (Wildman–Crippen LogP) is 1.46. The molecule has 2 fully saturated rings. The summed E-state index contributed by atoms with van der Waals surface area (Å²) in [5.74, 6) is 2.44. The fraction of sp³-hybridized carbons (Fsp3) is 0.750. The largest absolute Gasteiger partial charge is 0.356 e. The third kappa shape index (κ3) is 2.98. The number of fused-ring (bicyclic) bond motifs is 2. The molecule has 1 heterocycles. The van der Waals surface area contributed by atoms with E-state index in [0.29, 0.717) is 11.8 Å². The summed E-state index contributed by atoms with van der Waals surface area (Å²) < 4.78 is 2.15. The van der Waals surface area contributed by atoms with Crippen LogP contribution in [0.1, 0.15) is 37.9 Å². The number of nitrogens with two attached hydrogens (primary N) is 1. The highest BCUT2D eigenvalue weighted by Gasteiger charge is 2.48. The summed E-state index contributed by atoms with van der Waals surface area (Å²) in [5.41, 5.74) is 6.21. The van der Waals surface area contributed by atoms with E-state index in [0.717, 1.165) is 31.8 Å². The minimum absolute atomic E-state index is 0.0691. The molecule has 1 aromatic heterocycles. The van der Waals surface area contributed by atoms with Gasteiger partial charge in [0.25, 0.3) is 0 Å². The molecule has 0 spiro atoms. The minimum atomic E-state index is 0.0691. The molecule has 2 bridgehead atoms. The molecule has 2 aliphatic rings. The number of amides is 1. The van der Waals surface area contributed by atoms with Gasteiger partial charge < -0.3 is 15.6 Å². The van der Waals surface area contributed by atoms with Gasteiger partial charge in [0.15, 0.2) is 0 Å². The van der Waals surface area contributed by atoms with Crippen molar-refractivity contribution in [3.8, 4) is 0 Å². The Bertz CT molecular complexity index is 496. The third-order valence-electron chi connectivity index (χ3n) is 5.33. The Kier molecular flexibility index (Phi) is 4.29. The Hall–Kier alpha value is -1.36. The van der Waals surface area contributed by atoms with Crippen LogP contribution in [0.4, 0.5) is 0 Å². The van der Waals surface area contributed by atoms with Crippen LogP contribution in [0.2, 0.25) is 0 Å². The molecule has 0 saturated heterocycles. The number of aromatic nitrogens is 2. The van der Waals surface area contributed by atoms with Crippen LogP contribution in [0.25, 0.3) is 0 Å². The van der Waals surface area contributed by atoms with Crippen molar-refractivity contribution in [1.82, 2.24) is 14.9 Å². The van der Waals surface area contributed by atoms with E-state index in [-0.39, 0.29) is 17.9 Å². The summed E-state index contributed by atoms with van der Waals surface area (Å²) in [6.45, 7) is 3.74. The van der Waals surface area contributed by atoms with E-state index in [2.05, 4.69) is 14.9 Å². The number of nitrogens with zero attached hydrogens (tertiary/aromatic N) is 2. The first-order chi connectivity index (χ1) is 10.2. The van der Waals surface area contributed by atoms with E-state index in [9.17, 15) is 4.79 Å². The molecule has 3 N–H and O–H groups in total. The first kappa shape index (κ1) is 14.6. The molecule has 21 heavy (non-hydrogen) atoms. The van der Waals surface area contributed by atoms with Crippen molar-refractivity contribution >= 4 is 5.91 Å². The van der Waals surface area contributed by atoms with Crippen molar-refractivity contribution in [2.45, 2.75) is 51.6 Å². The fourth-order valence-electron chi connectivity index (χ4n) is 4.10. The first-order valence-electron chi connectivity index (χ1n) is 8.18. The highest BCUT2D eigenvalue weighted by atomic mass is 16.1. The molecule has 1 amide bonds. The van der Waals surface area contributed by atoms with Crippen molar-refractivity contribution in [2.75, 3.05) is 6.54 Å². The molecule has 4 unspecified atom stereocenters. The number of imidazole rings is 1. The lowest BCUT2D eigenvalue weighted by Crippen LogP contribution is -2.45. The van der Waals surface area contributed by atoms with Gasteiger partial charge in [-0.2, -0.15) is 0 Å². The van der Waals surface area contributed by atoms with E-state index in [4.69, 9.17) is 5.73 Å². The lowest BCUT2D eigenvalue weighted by Gasteiger charge is -2.27. The average molecular weight is 290 g/mol. The lowest BCUT2D eigenvalue weighted by molar-refractivity contribution is -0.127. The molecule has 0 radical (unpaired) electrons. The van der Waals surface area contributed by atoms with Crippen molar-refractivity contribution < 1.29 is 4.79 Å². The Morgan fingerprint density at radius 2 is 2.24 bits per heavy atom. The smallest absolute Gasteiger partial charge is 0.224 e. The molecular weight excluding hydrogens is 264 g/mol. The van der Waals surface area contributed by atoms with Gasteiger partial charge in [0.05, 0.1) is 5.92 Å².